The number of nitrogens with zero attached hydrogens (tertiary/aromatic N) is 3. The maximum Gasteiger partial charge on any atom is 0.416 e. The van der Waals surface area contributed by atoms with Gasteiger partial charge in [0.1, 0.15) is 0 Å². The minimum atomic E-state index is -4.37. The number of benzene rings is 2. The van der Waals surface area contributed by atoms with Crippen LogP contribution in [0.15, 0.2) is 36.4 Å². The van der Waals surface area contributed by atoms with E-state index in [0.717, 1.165) is 73.0 Å². The molecule has 47 heavy (non-hydrogen) atoms. The van der Waals surface area contributed by atoms with E-state index in [4.69, 9.17) is 9.72 Å². The lowest BCUT2D eigenvalue weighted by Crippen LogP contribution is -2.39. The largest absolute Gasteiger partial charge is 0.479 e. The molecular formula is C38H48F3N3O3. The number of aliphatic carboxylic acids is 1. The Bertz CT molecular complexity index is 1650. The Morgan fingerprint density at radius 1 is 1.00 bits per heavy atom. The van der Waals surface area contributed by atoms with Crippen LogP contribution in [0.1, 0.15) is 98.3 Å². The smallest absolute Gasteiger partial charge is 0.416 e. The van der Waals surface area contributed by atoms with Crippen LogP contribution in [0.2, 0.25) is 0 Å². The number of carboxylic acid groups (broad SMARTS) is 1. The number of aryl methyl sites for hydroxylation is 2. The third-order valence-corrected chi connectivity index (χ3v) is 9.70. The molecule has 2 aromatic carbocycles. The van der Waals surface area contributed by atoms with Crippen LogP contribution in [0.25, 0.3) is 11.1 Å². The summed E-state index contributed by atoms with van der Waals surface area (Å²) in [5.74, 6) is -1.04. The molecule has 3 aromatic rings. The van der Waals surface area contributed by atoms with Crippen molar-refractivity contribution < 1.29 is 27.8 Å². The minimum Gasteiger partial charge on any atom is -0.479 e. The van der Waals surface area contributed by atoms with E-state index in [1.807, 2.05) is 34.6 Å². The molecule has 2 aliphatic heterocycles. The highest BCUT2D eigenvalue weighted by atomic mass is 19.4. The van der Waals surface area contributed by atoms with Gasteiger partial charge in [-0.1, -0.05) is 44.2 Å². The summed E-state index contributed by atoms with van der Waals surface area (Å²) in [7, 11) is 0. The first kappa shape index (κ1) is 34.9. The van der Waals surface area contributed by atoms with Crippen molar-refractivity contribution >= 4 is 11.7 Å². The van der Waals surface area contributed by atoms with Crippen LogP contribution in [0.3, 0.4) is 0 Å². The summed E-state index contributed by atoms with van der Waals surface area (Å²) in [4.78, 5) is 22.3. The molecule has 3 heterocycles. The summed E-state index contributed by atoms with van der Waals surface area (Å²) in [6.45, 7) is 19.0. The van der Waals surface area contributed by atoms with Gasteiger partial charge >= 0.3 is 12.1 Å². The molecule has 0 amide bonds. The van der Waals surface area contributed by atoms with Crippen LogP contribution in [0.5, 0.6) is 0 Å². The molecule has 1 fully saturated rings. The summed E-state index contributed by atoms with van der Waals surface area (Å²) < 4.78 is 46.8. The Morgan fingerprint density at radius 2 is 1.68 bits per heavy atom. The summed E-state index contributed by atoms with van der Waals surface area (Å²) in [5, 5.41) is 10.5. The fourth-order valence-electron chi connectivity index (χ4n) is 7.06. The van der Waals surface area contributed by atoms with Gasteiger partial charge < -0.3 is 14.7 Å². The molecule has 1 atom stereocenters. The second-order valence-electron chi connectivity index (χ2n) is 15.1. The first-order valence-corrected chi connectivity index (χ1v) is 16.5. The van der Waals surface area contributed by atoms with Crippen molar-refractivity contribution in [1.29, 1.82) is 0 Å². The summed E-state index contributed by atoms with van der Waals surface area (Å²) in [6.07, 6.45) is -2.84. The molecule has 0 spiro atoms. The monoisotopic (exact) mass is 651 g/mol. The van der Waals surface area contributed by atoms with Gasteiger partial charge in [-0.15, -0.1) is 0 Å². The van der Waals surface area contributed by atoms with Crippen molar-refractivity contribution in [3.8, 4) is 11.1 Å². The molecule has 1 N–H and O–H groups in total. The SMILES string of the molecule is Cc1nc(C)c(C(OC(C)(C)C)C(=O)O)c(N2CCC(C)(C)CC2)c1-c1ccc2c(c1)CCN(Cc1cccc(C(F)(F)F)c1C)C2. The number of alkyl halides is 3. The van der Waals surface area contributed by atoms with Crippen molar-refractivity contribution in [1.82, 2.24) is 9.88 Å². The first-order valence-electron chi connectivity index (χ1n) is 16.5. The molecule has 1 saturated heterocycles. The molecule has 0 aliphatic carbocycles. The predicted molar refractivity (Wildman–Crippen MR) is 180 cm³/mol. The maximum absolute atomic E-state index is 13.5. The number of piperidine rings is 1. The number of ether oxygens (including phenoxy) is 1. The predicted octanol–water partition coefficient (Wildman–Crippen LogP) is 8.82. The molecule has 9 heteroatoms. The maximum atomic E-state index is 13.5. The Hall–Kier alpha value is -3.43. The van der Waals surface area contributed by atoms with Gasteiger partial charge in [0.2, 0.25) is 0 Å². The summed E-state index contributed by atoms with van der Waals surface area (Å²) >= 11 is 0. The lowest BCUT2D eigenvalue weighted by molar-refractivity contribution is -0.160. The van der Waals surface area contributed by atoms with E-state index in [2.05, 4.69) is 41.8 Å². The number of carbonyl (C=O) groups is 1. The van der Waals surface area contributed by atoms with Crippen LogP contribution < -0.4 is 4.90 Å². The molecule has 6 nitrogen and oxygen atoms in total. The van der Waals surface area contributed by atoms with Gasteiger partial charge in [-0.25, -0.2) is 4.79 Å². The van der Waals surface area contributed by atoms with Crippen LogP contribution in [0, 0.1) is 26.2 Å². The lowest BCUT2D eigenvalue weighted by Gasteiger charge is -2.41. The van der Waals surface area contributed by atoms with E-state index in [9.17, 15) is 23.1 Å². The van der Waals surface area contributed by atoms with Crippen molar-refractivity contribution in [3.05, 3.63) is 81.2 Å². The minimum absolute atomic E-state index is 0.201. The number of rotatable bonds is 7. The van der Waals surface area contributed by atoms with Crippen LogP contribution >= 0.6 is 0 Å². The molecule has 2 aliphatic rings. The molecule has 0 radical (unpaired) electrons. The van der Waals surface area contributed by atoms with Gasteiger partial charge in [-0.2, -0.15) is 13.2 Å². The third-order valence-electron chi connectivity index (χ3n) is 9.70. The average molecular weight is 652 g/mol. The Balaban J connectivity index is 1.54. The van der Waals surface area contributed by atoms with E-state index < -0.39 is 29.4 Å². The zero-order chi connectivity index (χ0) is 34.5. The van der Waals surface area contributed by atoms with E-state index in [-0.39, 0.29) is 11.0 Å². The molecule has 5 rings (SSSR count). The number of aromatic nitrogens is 1. The van der Waals surface area contributed by atoms with Gasteiger partial charge in [0.05, 0.1) is 16.9 Å². The Kier molecular flexibility index (Phi) is 9.56. The topological polar surface area (TPSA) is 65.9 Å². The molecule has 0 bridgehead atoms. The number of fused-ring (bicyclic) bond motifs is 1. The normalized spacial score (nSPS) is 17.8. The van der Waals surface area contributed by atoms with E-state index in [0.29, 0.717) is 29.9 Å². The van der Waals surface area contributed by atoms with Gasteiger partial charge in [0, 0.05) is 55.2 Å². The Morgan fingerprint density at radius 3 is 2.30 bits per heavy atom. The Labute approximate surface area is 277 Å². The number of carboxylic acids is 1. The standard InChI is InChI=1S/C38H48F3N3O3/c1-23-28(10-9-11-30(23)38(39,40)41)21-43-17-14-26-20-27(12-13-29(26)22-43)31-24(2)42-25(3)32(34(35(45)46)47-36(4,5)6)33(31)44-18-15-37(7,8)16-19-44/h9-13,20,34H,14-19,21-22H2,1-8H3,(H,45,46). The number of halogens is 3. The van der Waals surface area contributed by atoms with Crippen molar-refractivity contribution in [2.75, 3.05) is 24.5 Å². The second kappa shape index (κ2) is 12.9. The number of anilines is 1. The molecule has 0 saturated carbocycles. The molecular weight excluding hydrogens is 603 g/mol. The van der Waals surface area contributed by atoms with Gasteiger partial charge in [0.25, 0.3) is 0 Å². The molecule has 1 unspecified atom stereocenters. The van der Waals surface area contributed by atoms with Crippen molar-refractivity contribution in [2.45, 2.75) is 106 Å². The average Bonchev–Trinajstić information content (AvgIpc) is 2.95. The quantitative estimate of drug-likeness (QED) is 0.276. The van der Waals surface area contributed by atoms with E-state index in [1.54, 1.807) is 13.0 Å². The van der Waals surface area contributed by atoms with Crippen molar-refractivity contribution in [3.63, 3.8) is 0 Å². The summed E-state index contributed by atoms with van der Waals surface area (Å²) in [6, 6.07) is 10.8. The van der Waals surface area contributed by atoms with Gasteiger partial charge in [0.15, 0.2) is 6.10 Å². The zero-order valence-electron chi connectivity index (χ0n) is 28.9. The van der Waals surface area contributed by atoms with Crippen molar-refractivity contribution in [2.24, 2.45) is 5.41 Å². The first-order chi connectivity index (χ1) is 21.8. The number of hydrogen-bond donors (Lipinski definition) is 1. The van der Waals surface area contributed by atoms with E-state index in [1.165, 1.54) is 11.6 Å². The fraction of sp³-hybridized carbons (Fsp3) is 0.526. The fourth-order valence-corrected chi connectivity index (χ4v) is 7.06. The number of pyridine rings is 1. The summed E-state index contributed by atoms with van der Waals surface area (Å²) in [5.41, 5.74) is 7.13. The molecule has 1 aromatic heterocycles. The lowest BCUT2D eigenvalue weighted by atomic mass is 9.81. The van der Waals surface area contributed by atoms with Gasteiger partial charge in [-0.3, -0.25) is 9.88 Å². The van der Waals surface area contributed by atoms with Crippen LogP contribution in [-0.4, -0.2) is 46.2 Å². The highest BCUT2D eigenvalue weighted by molar-refractivity contribution is 5.88. The van der Waals surface area contributed by atoms with Crippen LogP contribution in [-0.2, 0) is 35.2 Å². The van der Waals surface area contributed by atoms with E-state index >= 15 is 0 Å². The highest BCUT2D eigenvalue weighted by Gasteiger charge is 2.37. The van der Waals surface area contributed by atoms with Crippen LogP contribution in [0.4, 0.5) is 18.9 Å². The highest BCUT2D eigenvalue weighted by Crippen LogP contribution is 2.45. The second-order valence-corrected chi connectivity index (χ2v) is 15.1. The third kappa shape index (κ3) is 7.67. The zero-order valence-corrected chi connectivity index (χ0v) is 28.9. The van der Waals surface area contributed by atoms with Gasteiger partial charge in [-0.05, 0) is 100 Å². The number of hydrogen-bond acceptors (Lipinski definition) is 5. The molecule has 254 valence electrons.